The molecular formula is C13H19N3O2S. The Hall–Kier alpha value is -1.27. The summed E-state index contributed by atoms with van der Waals surface area (Å²) in [7, 11) is 0. The van der Waals surface area contributed by atoms with E-state index in [9.17, 15) is 4.79 Å². The third-order valence-electron chi connectivity index (χ3n) is 2.91. The third-order valence-corrected chi connectivity index (χ3v) is 3.46. The van der Waals surface area contributed by atoms with Gasteiger partial charge in [-0.25, -0.2) is 4.98 Å². The summed E-state index contributed by atoms with van der Waals surface area (Å²) in [5.41, 5.74) is 1.02. The first-order valence-corrected chi connectivity index (χ1v) is 7.72. The lowest BCUT2D eigenvalue weighted by atomic mass is 10.2. The summed E-state index contributed by atoms with van der Waals surface area (Å²) in [5.74, 6) is 1.53. The van der Waals surface area contributed by atoms with E-state index in [2.05, 4.69) is 15.2 Å². The van der Waals surface area contributed by atoms with Crippen LogP contribution in [-0.2, 0) is 16.1 Å². The average Bonchev–Trinajstić information content (AvgIpc) is 2.47. The topological polar surface area (TPSA) is 54.5 Å². The number of carbonyl (C=O) groups excluding carboxylic acids is 1. The number of ether oxygens (including phenoxy) is 1. The van der Waals surface area contributed by atoms with Crippen molar-refractivity contribution in [2.45, 2.75) is 6.54 Å². The molecule has 1 aromatic rings. The zero-order chi connectivity index (χ0) is 13.5. The molecule has 1 amide bonds. The van der Waals surface area contributed by atoms with Gasteiger partial charge >= 0.3 is 0 Å². The van der Waals surface area contributed by atoms with E-state index in [1.807, 2.05) is 24.6 Å². The van der Waals surface area contributed by atoms with Crippen molar-refractivity contribution in [1.82, 2.24) is 10.3 Å². The Labute approximate surface area is 117 Å². The van der Waals surface area contributed by atoms with E-state index < -0.39 is 0 Å². The first-order valence-electron chi connectivity index (χ1n) is 6.33. The van der Waals surface area contributed by atoms with E-state index in [1.54, 1.807) is 0 Å². The minimum atomic E-state index is 0.0600. The molecule has 104 valence electrons. The monoisotopic (exact) mass is 281 g/mol. The summed E-state index contributed by atoms with van der Waals surface area (Å²) in [6.07, 6.45) is 3.74. The molecular weight excluding hydrogens is 262 g/mol. The van der Waals surface area contributed by atoms with E-state index in [-0.39, 0.29) is 5.91 Å². The molecule has 0 aliphatic carbocycles. The number of nitrogens with one attached hydrogen (secondary N) is 1. The van der Waals surface area contributed by atoms with Crippen LogP contribution in [0.5, 0.6) is 0 Å². The number of hydrogen-bond donors (Lipinski definition) is 1. The normalized spacial score (nSPS) is 15.3. The van der Waals surface area contributed by atoms with Crippen molar-refractivity contribution < 1.29 is 9.53 Å². The van der Waals surface area contributed by atoms with Crippen LogP contribution in [0.3, 0.4) is 0 Å². The van der Waals surface area contributed by atoms with Gasteiger partial charge in [0.2, 0.25) is 5.91 Å². The second-order valence-electron chi connectivity index (χ2n) is 4.33. The number of thioether (sulfide) groups is 1. The number of nitrogens with zero attached hydrogens (tertiary/aromatic N) is 2. The molecule has 6 heteroatoms. The van der Waals surface area contributed by atoms with E-state index in [1.165, 1.54) is 11.8 Å². The van der Waals surface area contributed by atoms with Crippen molar-refractivity contribution in [3.63, 3.8) is 0 Å². The largest absolute Gasteiger partial charge is 0.378 e. The number of aromatic nitrogens is 1. The smallest absolute Gasteiger partial charge is 0.230 e. The highest BCUT2D eigenvalue weighted by Crippen LogP contribution is 2.12. The highest BCUT2D eigenvalue weighted by molar-refractivity contribution is 7.99. The molecule has 0 saturated carbocycles. The molecule has 0 unspecified atom stereocenters. The number of carbonyl (C=O) groups is 1. The lowest BCUT2D eigenvalue weighted by molar-refractivity contribution is -0.118. The molecule has 1 saturated heterocycles. The van der Waals surface area contributed by atoms with E-state index in [0.717, 1.165) is 37.7 Å². The van der Waals surface area contributed by atoms with Crippen molar-refractivity contribution >= 4 is 23.5 Å². The second kappa shape index (κ2) is 7.35. The Bertz CT molecular complexity index is 405. The van der Waals surface area contributed by atoms with Crippen molar-refractivity contribution in [3.8, 4) is 0 Å². The number of pyridine rings is 1. The fourth-order valence-corrected chi connectivity index (χ4v) is 2.25. The lowest BCUT2D eigenvalue weighted by Crippen LogP contribution is -2.36. The Morgan fingerprint density at radius 3 is 2.89 bits per heavy atom. The molecule has 2 rings (SSSR count). The third kappa shape index (κ3) is 4.40. The van der Waals surface area contributed by atoms with Crippen LogP contribution in [0, 0.1) is 0 Å². The first-order chi connectivity index (χ1) is 9.29. The molecule has 5 nitrogen and oxygen atoms in total. The molecule has 1 aromatic heterocycles. The minimum absolute atomic E-state index is 0.0600. The Morgan fingerprint density at radius 2 is 2.26 bits per heavy atom. The second-order valence-corrected chi connectivity index (χ2v) is 5.20. The fraction of sp³-hybridized carbons (Fsp3) is 0.538. The maximum atomic E-state index is 11.4. The molecule has 1 aliphatic heterocycles. The fourth-order valence-electron chi connectivity index (χ4n) is 1.88. The highest BCUT2D eigenvalue weighted by Gasteiger charge is 2.11. The summed E-state index contributed by atoms with van der Waals surface area (Å²) < 4.78 is 5.31. The Kier molecular flexibility index (Phi) is 5.47. The van der Waals surface area contributed by atoms with E-state index >= 15 is 0 Å². The quantitative estimate of drug-likeness (QED) is 0.869. The molecule has 2 heterocycles. The molecule has 0 atom stereocenters. The van der Waals surface area contributed by atoms with Crippen LogP contribution in [0.25, 0.3) is 0 Å². The van der Waals surface area contributed by atoms with Gasteiger partial charge in [-0.15, -0.1) is 0 Å². The van der Waals surface area contributed by atoms with E-state index in [4.69, 9.17) is 4.74 Å². The van der Waals surface area contributed by atoms with Gasteiger partial charge in [-0.3, -0.25) is 4.79 Å². The number of amides is 1. The molecule has 0 aromatic carbocycles. The van der Waals surface area contributed by atoms with Crippen LogP contribution in [0.2, 0.25) is 0 Å². The summed E-state index contributed by atoms with van der Waals surface area (Å²) >= 11 is 1.52. The molecule has 1 fully saturated rings. The zero-order valence-electron chi connectivity index (χ0n) is 11.1. The van der Waals surface area contributed by atoms with Gasteiger partial charge in [0.1, 0.15) is 5.82 Å². The summed E-state index contributed by atoms with van der Waals surface area (Å²) in [6, 6.07) is 4.01. The van der Waals surface area contributed by atoms with Crippen LogP contribution < -0.4 is 10.2 Å². The van der Waals surface area contributed by atoms with E-state index in [0.29, 0.717) is 12.3 Å². The molecule has 19 heavy (non-hydrogen) atoms. The Morgan fingerprint density at radius 1 is 1.47 bits per heavy atom. The SMILES string of the molecule is CSCC(=O)NCc1ccc(N2CCOCC2)nc1. The lowest BCUT2D eigenvalue weighted by Gasteiger charge is -2.27. The van der Waals surface area contributed by atoms with Gasteiger partial charge in [0.05, 0.1) is 19.0 Å². The zero-order valence-corrected chi connectivity index (χ0v) is 11.9. The highest BCUT2D eigenvalue weighted by atomic mass is 32.2. The molecule has 0 spiro atoms. The predicted octanol–water partition coefficient (Wildman–Crippen LogP) is 0.897. The molecule has 1 N–H and O–H groups in total. The number of rotatable bonds is 5. The van der Waals surface area contributed by atoms with Gasteiger partial charge < -0.3 is 15.0 Å². The van der Waals surface area contributed by atoms with Crippen LogP contribution in [0.15, 0.2) is 18.3 Å². The van der Waals surface area contributed by atoms with Gasteiger partial charge in [0.15, 0.2) is 0 Å². The van der Waals surface area contributed by atoms with Gasteiger partial charge in [-0.05, 0) is 17.9 Å². The van der Waals surface area contributed by atoms with Crippen LogP contribution >= 0.6 is 11.8 Å². The van der Waals surface area contributed by atoms with Crippen LogP contribution in [-0.4, -0.2) is 49.2 Å². The first kappa shape index (κ1) is 14.1. The molecule has 0 bridgehead atoms. The predicted molar refractivity (Wildman–Crippen MR) is 77.5 cm³/mol. The molecule has 0 radical (unpaired) electrons. The minimum Gasteiger partial charge on any atom is -0.378 e. The number of anilines is 1. The van der Waals surface area contributed by atoms with Gasteiger partial charge in [-0.2, -0.15) is 11.8 Å². The number of hydrogen-bond acceptors (Lipinski definition) is 5. The molecule has 1 aliphatic rings. The van der Waals surface area contributed by atoms with Gasteiger partial charge in [0.25, 0.3) is 0 Å². The summed E-state index contributed by atoms with van der Waals surface area (Å²) in [6.45, 7) is 3.83. The maximum absolute atomic E-state index is 11.4. The van der Waals surface area contributed by atoms with Crippen molar-refractivity contribution in [2.24, 2.45) is 0 Å². The van der Waals surface area contributed by atoms with Gasteiger partial charge in [-0.1, -0.05) is 6.07 Å². The number of morpholine rings is 1. The Balaban J connectivity index is 1.85. The summed E-state index contributed by atoms with van der Waals surface area (Å²) in [4.78, 5) is 18.0. The van der Waals surface area contributed by atoms with Crippen molar-refractivity contribution in [1.29, 1.82) is 0 Å². The van der Waals surface area contributed by atoms with Gasteiger partial charge in [0, 0.05) is 25.8 Å². The van der Waals surface area contributed by atoms with Crippen molar-refractivity contribution in [3.05, 3.63) is 23.9 Å². The maximum Gasteiger partial charge on any atom is 0.230 e. The van der Waals surface area contributed by atoms with Crippen LogP contribution in [0.1, 0.15) is 5.56 Å². The standard InChI is InChI=1S/C13H19N3O2S/c1-19-10-13(17)15-9-11-2-3-12(14-8-11)16-4-6-18-7-5-16/h2-3,8H,4-7,9-10H2,1H3,(H,15,17). The van der Waals surface area contributed by atoms with Crippen molar-refractivity contribution in [2.75, 3.05) is 43.2 Å². The van der Waals surface area contributed by atoms with Crippen LogP contribution in [0.4, 0.5) is 5.82 Å². The average molecular weight is 281 g/mol. The summed E-state index contributed by atoms with van der Waals surface area (Å²) in [5, 5.41) is 2.87.